The van der Waals surface area contributed by atoms with Gasteiger partial charge in [0.2, 0.25) is 0 Å². The lowest BCUT2D eigenvalue weighted by Crippen LogP contribution is -2.37. The summed E-state index contributed by atoms with van der Waals surface area (Å²) in [6, 6.07) is -0.239. The van der Waals surface area contributed by atoms with E-state index < -0.39 is 0 Å². The average molecular weight is 228 g/mol. The van der Waals surface area contributed by atoms with Gasteiger partial charge in [-0.05, 0) is 20.8 Å². The van der Waals surface area contributed by atoms with Gasteiger partial charge in [-0.25, -0.2) is 4.98 Å². The third-order valence-corrected chi connectivity index (χ3v) is 2.64. The highest BCUT2D eigenvalue weighted by molar-refractivity contribution is 7.07. The molecule has 4 nitrogen and oxygen atoms in total. The number of carbonyl (C=O) groups excluding carboxylic acids is 1. The lowest BCUT2D eigenvalue weighted by atomic mass is 10.2. The van der Waals surface area contributed by atoms with E-state index in [2.05, 4.69) is 10.3 Å². The Morgan fingerprint density at radius 2 is 2.40 bits per heavy atom. The van der Waals surface area contributed by atoms with Gasteiger partial charge in [-0.2, -0.15) is 0 Å². The maximum absolute atomic E-state index is 11.3. The zero-order valence-corrected chi connectivity index (χ0v) is 10.0. The van der Waals surface area contributed by atoms with Gasteiger partial charge < -0.3 is 4.74 Å². The molecule has 1 rings (SSSR count). The molecule has 5 heteroatoms. The Hall–Kier alpha value is -0.940. The topological polar surface area (TPSA) is 51.2 Å². The normalized spacial score (nSPS) is 14.6. The molecule has 0 fully saturated rings. The van der Waals surface area contributed by atoms with Crippen LogP contribution < -0.4 is 5.32 Å². The van der Waals surface area contributed by atoms with Crippen LogP contribution >= 0.6 is 11.3 Å². The van der Waals surface area contributed by atoms with Crippen LogP contribution in [0.1, 0.15) is 32.5 Å². The van der Waals surface area contributed by atoms with Crippen LogP contribution in [0.3, 0.4) is 0 Å². The molecule has 84 valence electrons. The Kier molecular flexibility index (Phi) is 4.71. The summed E-state index contributed by atoms with van der Waals surface area (Å²) in [4.78, 5) is 15.5. The highest BCUT2D eigenvalue weighted by Crippen LogP contribution is 2.12. The van der Waals surface area contributed by atoms with Gasteiger partial charge in [-0.1, -0.05) is 0 Å². The summed E-state index contributed by atoms with van der Waals surface area (Å²) >= 11 is 1.55. The van der Waals surface area contributed by atoms with Crippen molar-refractivity contribution in [3.8, 4) is 0 Å². The standard InChI is InChI=1S/C10H16N2O2S/c1-4-14-10(13)8(3)12-7(2)9-5-15-6-11-9/h5-8,12H,4H2,1-3H3. The lowest BCUT2D eigenvalue weighted by molar-refractivity contribution is -0.145. The predicted octanol–water partition coefficient (Wildman–Crippen LogP) is 1.75. The molecule has 0 saturated carbocycles. The second-order valence-corrected chi connectivity index (χ2v) is 3.99. The highest BCUT2D eigenvalue weighted by atomic mass is 32.1. The Morgan fingerprint density at radius 3 is 2.93 bits per heavy atom. The fraction of sp³-hybridized carbons (Fsp3) is 0.600. The Balaban J connectivity index is 2.44. The maximum Gasteiger partial charge on any atom is 0.322 e. The second kappa shape index (κ2) is 5.82. The monoisotopic (exact) mass is 228 g/mol. The quantitative estimate of drug-likeness (QED) is 0.780. The molecule has 0 aliphatic heterocycles. The van der Waals surface area contributed by atoms with E-state index in [1.807, 2.05) is 12.3 Å². The summed E-state index contributed by atoms with van der Waals surface area (Å²) in [7, 11) is 0. The van der Waals surface area contributed by atoms with Crippen LogP contribution in [-0.4, -0.2) is 23.6 Å². The molecule has 2 unspecified atom stereocenters. The summed E-state index contributed by atoms with van der Waals surface area (Å²) in [5, 5.41) is 5.10. The van der Waals surface area contributed by atoms with Gasteiger partial charge in [0.15, 0.2) is 0 Å². The number of nitrogens with zero attached hydrogens (tertiary/aromatic N) is 1. The van der Waals surface area contributed by atoms with E-state index in [9.17, 15) is 4.79 Å². The van der Waals surface area contributed by atoms with E-state index in [-0.39, 0.29) is 18.1 Å². The third kappa shape index (κ3) is 3.60. The molecule has 1 heterocycles. The van der Waals surface area contributed by atoms with Crippen molar-refractivity contribution in [2.75, 3.05) is 6.61 Å². The van der Waals surface area contributed by atoms with Gasteiger partial charge in [-0.15, -0.1) is 11.3 Å². The Bertz CT molecular complexity index is 300. The lowest BCUT2D eigenvalue weighted by Gasteiger charge is -2.17. The summed E-state index contributed by atoms with van der Waals surface area (Å²) < 4.78 is 4.90. The molecule has 0 aromatic carbocycles. The van der Waals surface area contributed by atoms with Gasteiger partial charge >= 0.3 is 5.97 Å². The zero-order valence-electron chi connectivity index (χ0n) is 9.19. The van der Waals surface area contributed by atoms with Crippen molar-refractivity contribution < 1.29 is 9.53 Å². The van der Waals surface area contributed by atoms with Crippen LogP contribution in [-0.2, 0) is 9.53 Å². The first-order chi connectivity index (χ1) is 7.15. The minimum Gasteiger partial charge on any atom is -0.465 e. The zero-order chi connectivity index (χ0) is 11.3. The van der Waals surface area contributed by atoms with Crippen LogP contribution in [0.2, 0.25) is 0 Å². The molecular formula is C10H16N2O2S. The summed E-state index contributed by atoms with van der Waals surface area (Å²) in [6.07, 6.45) is 0. The van der Waals surface area contributed by atoms with Crippen molar-refractivity contribution >= 4 is 17.3 Å². The molecule has 0 spiro atoms. The number of esters is 1. The van der Waals surface area contributed by atoms with Crippen LogP contribution in [0, 0.1) is 0 Å². The van der Waals surface area contributed by atoms with Gasteiger partial charge in [0, 0.05) is 11.4 Å². The van der Waals surface area contributed by atoms with Crippen LogP contribution in [0.5, 0.6) is 0 Å². The minimum absolute atomic E-state index is 0.0654. The molecule has 0 saturated heterocycles. The molecule has 1 N–H and O–H groups in total. The molecule has 0 amide bonds. The van der Waals surface area contributed by atoms with Crippen LogP contribution in [0.15, 0.2) is 10.9 Å². The summed E-state index contributed by atoms with van der Waals surface area (Å²) in [5.74, 6) is -0.223. The van der Waals surface area contributed by atoms with Gasteiger partial charge in [0.05, 0.1) is 17.8 Å². The number of thiazole rings is 1. The molecule has 2 atom stereocenters. The van der Waals surface area contributed by atoms with Gasteiger partial charge in [0.1, 0.15) is 6.04 Å². The number of carbonyl (C=O) groups is 1. The number of rotatable bonds is 5. The molecule has 0 radical (unpaired) electrons. The Morgan fingerprint density at radius 1 is 1.67 bits per heavy atom. The van der Waals surface area contributed by atoms with Gasteiger partial charge in [0.25, 0.3) is 0 Å². The number of aromatic nitrogens is 1. The SMILES string of the molecule is CCOC(=O)C(C)NC(C)c1cscn1. The Labute approximate surface area is 93.7 Å². The molecule has 1 aromatic heterocycles. The molecule has 0 aliphatic carbocycles. The largest absolute Gasteiger partial charge is 0.465 e. The second-order valence-electron chi connectivity index (χ2n) is 3.28. The summed E-state index contributed by atoms with van der Waals surface area (Å²) in [5.41, 5.74) is 2.74. The van der Waals surface area contributed by atoms with Crippen molar-refractivity contribution in [1.29, 1.82) is 0 Å². The fourth-order valence-corrected chi connectivity index (χ4v) is 1.88. The first-order valence-electron chi connectivity index (χ1n) is 4.96. The number of ether oxygens (including phenoxy) is 1. The van der Waals surface area contributed by atoms with Crippen LogP contribution in [0.25, 0.3) is 0 Å². The van der Waals surface area contributed by atoms with Crippen LogP contribution in [0.4, 0.5) is 0 Å². The van der Waals surface area contributed by atoms with E-state index in [1.54, 1.807) is 30.7 Å². The first kappa shape index (κ1) is 12.1. The molecular weight excluding hydrogens is 212 g/mol. The maximum atomic E-state index is 11.3. The van der Waals surface area contributed by atoms with E-state index in [4.69, 9.17) is 4.74 Å². The number of hydrogen-bond donors (Lipinski definition) is 1. The molecule has 0 aliphatic rings. The van der Waals surface area contributed by atoms with Crippen molar-refractivity contribution in [2.45, 2.75) is 32.9 Å². The minimum atomic E-state index is -0.304. The van der Waals surface area contributed by atoms with Crippen molar-refractivity contribution in [3.63, 3.8) is 0 Å². The van der Waals surface area contributed by atoms with E-state index in [0.717, 1.165) is 5.69 Å². The smallest absolute Gasteiger partial charge is 0.322 e. The van der Waals surface area contributed by atoms with Crippen molar-refractivity contribution in [3.05, 3.63) is 16.6 Å². The fourth-order valence-electron chi connectivity index (χ4n) is 1.23. The van der Waals surface area contributed by atoms with Gasteiger partial charge in [-0.3, -0.25) is 10.1 Å². The van der Waals surface area contributed by atoms with Crippen molar-refractivity contribution in [1.82, 2.24) is 10.3 Å². The third-order valence-electron chi connectivity index (χ3n) is 2.04. The molecule has 15 heavy (non-hydrogen) atoms. The first-order valence-corrected chi connectivity index (χ1v) is 5.90. The highest BCUT2D eigenvalue weighted by Gasteiger charge is 2.17. The predicted molar refractivity (Wildman–Crippen MR) is 59.8 cm³/mol. The van der Waals surface area contributed by atoms with E-state index in [0.29, 0.717) is 6.61 Å². The summed E-state index contributed by atoms with van der Waals surface area (Å²) in [6.45, 7) is 5.98. The average Bonchev–Trinajstić information content (AvgIpc) is 2.70. The molecule has 1 aromatic rings. The van der Waals surface area contributed by atoms with Crippen molar-refractivity contribution in [2.24, 2.45) is 0 Å². The van der Waals surface area contributed by atoms with E-state index >= 15 is 0 Å². The molecule has 0 bridgehead atoms. The van der Waals surface area contributed by atoms with E-state index in [1.165, 1.54) is 0 Å². The number of hydrogen-bond acceptors (Lipinski definition) is 5. The number of nitrogens with one attached hydrogen (secondary N) is 1.